The number of rotatable bonds is 5. The lowest BCUT2D eigenvalue weighted by Crippen LogP contribution is -2.28. The van der Waals surface area contributed by atoms with Gasteiger partial charge in [0.25, 0.3) is 0 Å². The Labute approximate surface area is 111 Å². The maximum absolute atomic E-state index is 4.68. The fraction of sp³-hybridized carbons (Fsp3) is 0.667. The SMILES string of the molecule is CCCNCc1cnc(N2CCCC2C)c(C)c1. The van der Waals surface area contributed by atoms with Crippen molar-refractivity contribution < 1.29 is 0 Å². The molecule has 1 saturated heterocycles. The molecular weight excluding hydrogens is 222 g/mol. The Morgan fingerprint density at radius 2 is 2.33 bits per heavy atom. The van der Waals surface area contributed by atoms with E-state index in [2.05, 4.69) is 42.0 Å². The summed E-state index contributed by atoms with van der Waals surface area (Å²) in [4.78, 5) is 7.12. The predicted octanol–water partition coefficient (Wildman–Crippen LogP) is 2.88. The van der Waals surface area contributed by atoms with Crippen molar-refractivity contribution in [1.82, 2.24) is 10.3 Å². The maximum atomic E-state index is 4.68. The summed E-state index contributed by atoms with van der Waals surface area (Å²) < 4.78 is 0. The fourth-order valence-electron chi connectivity index (χ4n) is 2.68. The second-order valence-electron chi connectivity index (χ2n) is 5.35. The highest BCUT2D eigenvalue weighted by molar-refractivity contribution is 5.49. The van der Waals surface area contributed by atoms with Crippen LogP contribution in [0.25, 0.3) is 0 Å². The summed E-state index contributed by atoms with van der Waals surface area (Å²) in [7, 11) is 0. The van der Waals surface area contributed by atoms with Crippen LogP contribution in [0.1, 0.15) is 44.2 Å². The number of hydrogen-bond acceptors (Lipinski definition) is 3. The molecular formula is C15H25N3. The maximum Gasteiger partial charge on any atom is 0.131 e. The molecule has 1 aliphatic heterocycles. The van der Waals surface area contributed by atoms with Crippen molar-refractivity contribution >= 4 is 5.82 Å². The van der Waals surface area contributed by atoms with Gasteiger partial charge in [-0.2, -0.15) is 0 Å². The monoisotopic (exact) mass is 247 g/mol. The molecule has 2 heterocycles. The molecule has 1 atom stereocenters. The smallest absolute Gasteiger partial charge is 0.131 e. The molecule has 2 rings (SSSR count). The molecule has 100 valence electrons. The van der Waals surface area contributed by atoms with Crippen molar-refractivity contribution in [2.45, 2.75) is 52.6 Å². The zero-order valence-electron chi connectivity index (χ0n) is 11.9. The Balaban J connectivity index is 2.05. The minimum absolute atomic E-state index is 0.639. The van der Waals surface area contributed by atoms with Crippen LogP contribution in [-0.4, -0.2) is 24.1 Å². The lowest BCUT2D eigenvalue weighted by atomic mass is 10.2. The first-order valence-corrected chi connectivity index (χ1v) is 7.15. The van der Waals surface area contributed by atoms with Crippen LogP contribution < -0.4 is 10.2 Å². The minimum atomic E-state index is 0.639. The molecule has 0 spiro atoms. The standard InChI is InChI=1S/C15H25N3/c1-4-7-16-10-14-9-12(2)15(17-11-14)18-8-5-6-13(18)3/h9,11,13,16H,4-8,10H2,1-3H3. The van der Waals surface area contributed by atoms with Crippen LogP contribution >= 0.6 is 0 Å². The number of aryl methyl sites for hydroxylation is 1. The normalized spacial score (nSPS) is 19.5. The number of pyridine rings is 1. The van der Waals surface area contributed by atoms with E-state index < -0.39 is 0 Å². The summed E-state index contributed by atoms with van der Waals surface area (Å²) in [6.07, 6.45) is 5.79. The summed E-state index contributed by atoms with van der Waals surface area (Å²) in [5.41, 5.74) is 2.59. The van der Waals surface area contributed by atoms with E-state index in [1.807, 2.05) is 6.20 Å². The van der Waals surface area contributed by atoms with Crippen LogP contribution in [-0.2, 0) is 6.54 Å². The van der Waals surface area contributed by atoms with E-state index in [9.17, 15) is 0 Å². The second kappa shape index (κ2) is 6.19. The first kappa shape index (κ1) is 13.3. The highest BCUT2D eigenvalue weighted by atomic mass is 15.2. The third kappa shape index (κ3) is 3.02. The van der Waals surface area contributed by atoms with Gasteiger partial charge in [-0.05, 0) is 56.8 Å². The van der Waals surface area contributed by atoms with Crippen LogP contribution in [0.5, 0.6) is 0 Å². The van der Waals surface area contributed by atoms with Crippen LogP contribution in [0.15, 0.2) is 12.3 Å². The molecule has 0 aromatic carbocycles. The van der Waals surface area contributed by atoms with E-state index in [0.717, 1.165) is 19.6 Å². The molecule has 1 unspecified atom stereocenters. The first-order valence-electron chi connectivity index (χ1n) is 7.15. The van der Waals surface area contributed by atoms with Crippen molar-refractivity contribution in [3.63, 3.8) is 0 Å². The molecule has 0 radical (unpaired) electrons. The minimum Gasteiger partial charge on any atom is -0.354 e. The van der Waals surface area contributed by atoms with Gasteiger partial charge in [0.05, 0.1) is 0 Å². The van der Waals surface area contributed by atoms with Crippen molar-refractivity contribution in [2.75, 3.05) is 18.0 Å². The number of nitrogens with one attached hydrogen (secondary N) is 1. The first-order chi connectivity index (χ1) is 8.72. The number of hydrogen-bond donors (Lipinski definition) is 1. The van der Waals surface area contributed by atoms with Gasteiger partial charge in [0.15, 0.2) is 0 Å². The molecule has 3 nitrogen and oxygen atoms in total. The molecule has 1 aliphatic rings. The third-order valence-electron chi connectivity index (χ3n) is 3.69. The second-order valence-corrected chi connectivity index (χ2v) is 5.35. The van der Waals surface area contributed by atoms with Crippen LogP contribution in [0.3, 0.4) is 0 Å². The molecule has 0 saturated carbocycles. The third-order valence-corrected chi connectivity index (χ3v) is 3.69. The summed E-state index contributed by atoms with van der Waals surface area (Å²) in [6, 6.07) is 2.91. The van der Waals surface area contributed by atoms with E-state index in [1.54, 1.807) is 0 Å². The van der Waals surface area contributed by atoms with Gasteiger partial charge in [-0.15, -0.1) is 0 Å². The Morgan fingerprint density at radius 3 is 2.94 bits per heavy atom. The van der Waals surface area contributed by atoms with Gasteiger partial charge in [0, 0.05) is 25.3 Å². The zero-order valence-corrected chi connectivity index (χ0v) is 11.9. The topological polar surface area (TPSA) is 28.2 Å². The molecule has 3 heteroatoms. The lowest BCUT2D eigenvalue weighted by Gasteiger charge is -2.24. The Morgan fingerprint density at radius 1 is 1.50 bits per heavy atom. The van der Waals surface area contributed by atoms with Gasteiger partial charge in [-0.1, -0.05) is 6.92 Å². The van der Waals surface area contributed by atoms with E-state index in [1.165, 1.54) is 36.2 Å². The van der Waals surface area contributed by atoms with Crippen LogP contribution in [0.4, 0.5) is 5.82 Å². The average molecular weight is 247 g/mol. The molecule has 0 bridgehead atoms. The van der Waals surface area contributed by atoms with E-state index in [4.69, 9.17) is 0 Å². The van der Waals surface area contributed by atoms with Gasteiger partial charge >= 0.3 is 0 Å². The zero-order chi connectivity index (χ0) is 13.0. The van der Waals surface area contributed by atoms with Crippen molar-refractivity contribution in [2.24, 2.45) is 0 Å². The number of aromatic nitrogens is 1. The number of anilines is 1. The molecule has 1 aromatic rings. The summed E-state index contributed by atoms with van der Waals surface area (Å²) in [5, 5.41) is 3.42. The van der Waals surface area contributed by atoms with Gasteiger partial charge in [-0.25, -0.2) is 4.98 Å². The predicted molar refractivity (Wildman–Crippen MR) is 77.0 cm³/mol. The quantitative estimate of drug-likeness (QED) is 0.811. The highest BCUT2D eigenvalue weighted by Gasteiger charge is 2.22. The van der Waals surface area contributed by atoms with Crippen molar-refractivity contribution in [3.8, 4) is 0 Å². The Bertz CT molecular complexity index is 389. The Kier molecular flexibility index (Phi) is 4.59. The largest absolute Gasteiger partial charge is 0.354 e. The van der Waals surface area contributed by atoms with Gasteiger partial charge in [0.1, 0.15) is 5.82 Å². The van der Waals surface area contributed by atoms with Gasteiger partial charge in [-0.3, -0.25) is 0 Å². The van der Waals surface area contributed by atoms with Gasteiger partial charge < -0.3 is 10.2 Å². The van der Waals surface area contributed by atoms with Crippen molar-refractivity contribution in [1.29, 1.82) is 0 Å². The summed E-state index contributed by atoms with van der Waals surface area (Å²) >= 11 is 0. The van der Waals surface area contributed by atoms with Crippen LogP contribution in [0.2, 0.25) is 0 Å². The van der Waals surface area contributed by atoms with E-state index >= 15 is 0 Å². The van der Waals surface area contributed by atoms with Crippen LogP contribution in [0, 0.1) is 6.92 Å². The molecule has 1 N–H and O–H groups in total. The highest BCUT2D eigenvalue weighted by Crippen LogP contribution is 2.26. The van der Waals surface area contributed by atoms with E-state index in [-0.39, 0.29) is 0 Å². The Hall–Kier alpha value is -1.09. The van der Waals surface area contributed by atoms with E-state index in [0.29, 0.717) is 6.04 Å². The van der Waals surface area contributed by atoms with Crippen molar-refractivity contribution in [3.05, 3.63) is 23.4 Å². The molecule has 0 aliphatic carbocycles. The summed E-state index contributed by atoms with van der Waals surface area (Å²) in [6.45, 7) is 9.82. The molecule has 18 heavy (non-hydrogen) atoms. The molecule has 0 amide bonds. The molecule has 1 fully saturated rings. The van der Waals surface area contributed by atoms with Gasteiger partial charge in [0.2, 0.25) is 0 Å². The summed E-state index contributed by atoms with van der Waals surface area (Å²) in [5.74, 6) is 1.18. The average Bonchev–Trinajstić information content (AvgIpc) is 2.76. The molecule has 1 aromatic heterocycles. The lowest BCUT2D eigenvalue weighted by molar-refractivity contribution is 0.672. The fourth-order valence-corrected chi connectivity index (χ4v) is 2.68. The number of nitrogens with zero attached hydrogens (tertiary/aromatic N) is 2.